The quantitative estimate of drug-likeness (QED) is 0.614. The highest BCUT2D eigenvalue weighted by atomic mass is 35.5. The van der Waals surface area contributed by atoms with Crippen molar-refractivity contribution in [2.45, 2.75) is 0 Å². The molecule has 0 spiro atoms. The molecule has 1 aliphatic rings. The van der Waals surface area contributed by atoms with Crippen LogP contribution in [0.3, 0.4) is 0 Å². The van der Waals surface area contributed by atoms with E-state index in [4.69, 9.17) is 23.2 Å². The number of hydrogen-bond acceptors (Lipinski definition) is 3. The summed E-state index contributed by atoms with van der Waals surface area (Å²) in [5.41, 5.74) is 1.80. The Kier molecular flexibility index (Phi) is 4.63. The summed E-state index contributed by atoms with van der Waals surface area (Å²) in [6.07, 6.45) is 0. The van der Waals surface area contributed by atoms with Crippen molar-refractivity contribution in [3.05, 3.63) is 93.5 Å². The lowest BCUT2D eigenvalue weighted by molar-refractivity contribution is 0.0925. The van der Waals surface area contributed by atoms with Gasteiger partial charge in [0, 0.05) is 21.3 Å². The van der Waals surface area contributed by atoms with Crippen LogP contribution in [0, 0.1) is 0 Å². The molecule has 1 aliphatic heterocycles. The second-order valence-corrected chi connectivity index (χ2v) is 7.03. The zero-order valence-electron chi connectivity index (χ0n) is 14.3. The second kappa shape index (κ2) is 7.11. The summed E-state index contributed by atoms with van der Waals surface area (Å²) in [7, 11) is 0. The van der Waals surface area contributed by atoms with Gasteiger partial charge >= 0.3 is 0 Å². The molecule has 0 saturated carbocycles. The van der Waals surface area contributed by atoms with Crippen molar-refractivity contribution in [3.63, 3.8) is 0 Å². The van der Waals surface area contributed by atoms with Gasteiger partial charge in [-0.15, -0.1) is 0 Å². The molecule has 0 aromatic heterocycles. The molecule has 1 N–H and O–H groups in total. The standard InChI is InChI=1S/C21H12Cl2N2O3/c22-13-8-12(9-14(23)10-13)19(26)24-15-4-3-5-16(11-15)25-20(27)17-6-1-2-7-18(17)21(25)28/h1-11H,(H,24,26). The van der Waals surface area contributed by atoms with E-state index in [1.165, 1.54) is 18.2 Å². The normalized spacial score (nSPS) is 12.9. The lowest BCUT2D eigenvalue weighted by atomic mass is 10.1. The molecule has 0 aliphatic carbocycles. The molecule has 4 rings (SSSR count). The zero-order valence-corrected chi connectivity index (χ0v) is 15.8. The first kappa shape index (κ1) is 18.2. The minimum absolute atomic E-state index is 0.295. The molecule has 0 saturated heterocycles. The number of nitrogens with one attached hydrogen (secondary N) is 1. The first-order chi connectivity index (χ1) is 13.4. The first-order valence-corrected chi connectivity index (χ1v) is 9.05. The summed E-state index contributed by atoms with van der Waals surface area (Å²) >= 11 is 11.9. The summed E-state index contributed by atoms with van der Waals surface area (Å²) in [6, 6.07) is 17.7. The molecule has 0 radical (unpaired) electrons. The van der Waals surface area contributed by atoms with Crippen LogP contribution >= 0.6 is 23.2 Å². The zero-order chi connectivity index (χ0) is 19.8. The molecule has 1 heterocycles. The Morgan fingerprint density at radius 3 is 2.00 bits per heavy atom. The van der Waals surface area contributed by atoms with Crippen molar-refractivity contribution < 1.29 is 14.4 Å². The molecule has 3 amide bonds. The van der Waals surface area contributed by atoms with Crippen molar-refractivity contribution >= 4 is 52.3 Å². The molecule has 3 aromatic carbocycles. The maximum absolute atomic E-state index is 12.6. The van der Waals surface area contributed by atoms with Crippen molar-refractivity contribution in [1.29, 1.82) is 0 Å². The van der Waals surface area contributed by atoms with Crippen LogP contribution in [0.2, 0.25) is 10.0 Å². The van der Waals surface area contributed by atoms with Crippen LogP contribution in [0.15, 0.2) is 66.7 Å². The van der Waals surface area contributed by atoms with E-state index >= 15 is 0 Å². The van der Waals surface area contributed by atoms with Gasteiger partial charge < -0.3 is 5.32 Å². The summed E-state index contributed by atoms with van der Waals surface area (Å²) < 4.78 is 0. The fourth-order valence-electron chi connectivity index (χ4n) is 3.03. The number of nitrogens with zero attached hydrogens (tertiary/aromatic N) is 1. The fourth-order valence-corrected chi connectivity index (χ4v) is 3.56. The van der Waals surface area contributed by atoms with Gasteiger partial charge in [-0.2, -0.15) is 0 Å². The molecule has 3 aromatic rings. The number of hydrogen-bond donors (Lipinski definition) is 1. The van der Waals surface area contributed by atoms with E-state index in [0.29, 0.717) is 38.1 Å². The van der Waals surface area contributed by atoms with Crippen molar-refractivity contribution in [1.82, 2.24) is 0 Å². The molecule has 138 valence electrons. The Labute approximate surface area is 170 Å². The third-order valence-electron chi connectivity index (χ3n) is 4.28. The van der Waals surface area contributed by atoms with Crippen LogP contribution in [-0.4, -0.2) is 17.7 Å². The molecule has 5 nitrogen and oxygen atoms in total. The predicted octanol–water partition coefficient (Wildman–Crippen LogP) is 5.05. The van der Waals surface area contributed by atoms with Gasteiger partial charge in [0.05, 0.1) is 16.8 Å². The monoisotopic (exact) mass is 410 g/mol. The van der Waals surface area contributed by atoms with E-state index in [1.54, 1.807) is 48.5 Å². The van der Waals surface area contributed by atoms with Gasteiger partial charge in [-0.1, -0.05) is 41.4 Å². The van der Waals surface area contributed by atoms with Crippen LogP contribution in [0.4, 0.5) is 11.4 Å². The highest BCUT2D eigenvalue weighted by Gasteiger charge is 2.36. The van der Waals surface area contributed by atoms with Gasteiger partial charge in [0.25, 0.3) is 17.7 Å². The van der Waals surface area contributed by atoms with Crippen molar-refractivity contribution in [2.75, 3.05) is 10.2 Å². The van der Waals surface area contributed by atoms with Crippen molar-refractivity contribution in [2.24, 2.45) is 0 Å². The third-order valence-corrected chi connectivity index (χ3v) is 4.72. The first-order valence-electron chi connectivity index (χ1n) is 8.29. The predicted molar refractivity (Wildman–Crippen MR) is 108 cm³/mol. The van der Waals surface area contributed by atoms with Gasteiger partial charge in [-0.25, -0.2) is 4.90 Å². The van der Waals surface area contributed by atoms with E-state index in [0.717, 1.165) is 4.90 Å². The van der Waals surface area contributed by atoms with E-state index in [1.807, 2.05) is 0 Å². The summed E-state index contributed by atoms with van der Waals surface area (Å²) in [6.45, 7) is 0. The topological polar surface area (TPSA) is 66.5 Å². The third kappa shape index (κ3) is 3.26. The maximum Gasteiger partial charge on any atom is 0.266 e. The van der Waals surface area contributed by atoms with Gasteiger partial charge in [0.15, 0.2) is 0 Å². The number of fused-ring (bicyclic) bond motifs is 1. The van der Waals surface area contributed by atoms with E-state index in [2.05, 4.69) is 5.32 Å². The lowest BCUT2D eigenvalue weighted by Crippen LogP contribution is -2.29. The van der Waals surface area contributed by atoms with Gasteiger partial charge in [0.2, 0.25) is 0 Å². The Hall–Kier alpha value is -3.15. The number of anilines is 2. The molecule has 0 bridgehead atoms. The molecule has 28 heavy (non-hydrogen) atoms. The Bertz CT molecular complexity index is 1090. The highest BCUT2D eigenvalue weighted by Crippen LogP contribution is 2.30. The smallest absolute Gasteiger partial charge is 0.266 e. The fraction of sp³-hybridized carbons (Fsp3) is 0. The van der Waals surface area contributed by atoms with Crippen molar-refractivity contribution in [3.8, 4) is 0 Å². The van der Waals surface area contributed by atoms with Gasteiger partial charge in [-0.3, -0.25) is 14.4 Å². The maximum atomic E-state index is 12.6. The van der Waals surface area contributed by atoms with Gasteiger partial charge in [-0.05, 0) is 48.5 Å². The van der Waals surface area contributed by atoms with Crippen LogP contribution < -0.4 is 10.2 Å². The lowest BCUT2D eigenvalue weighted by Gasteiger charge is -2.15. The largest absolute Gasteiger partial charge is 0.322 e. The number of rotatable bonds is 3. The van der Waals surface area contributed by atoms with Crippen LogP contribution in [-0.2, 0) is 0 Å². The molecule has 0 fully saturated rings. The number of halogens is 2. The summed E-state index contributed by atoms with van der Waals surface area (Å²) in [5.74, 6) is -1.21. The molecule has 7 heteroatoms. The Morgan fingerprint density at radius 2 is 1.39 bits per heavy atom. The average molecular weight is 411 g/mol. The van der Waals surface area contributed by atoms with Crippen LogP contribution in [0.1, 0.15) is 31.1 Å². The molecular formula is C21H12Cl2N2O3. The van der Waals surface area contributed by atoms with E-state index < -0.39 is 17.7 Å². The number of carbonyl (C=O) groups excluding carboxylic acids is 3. The number of benzene rings is 3. The summed E-state index contributed by atoms with van der Waals surface area (Å²) in [4.78, 5) is 38.8. The molecule has 0 atom stereocenters. The SMILES string of the molecule is O=C(Nc1cccc(N2C(=O)c3ccccc3C2=O)c1)c1cc(Cl)cc(Cl)c1. The number of imide groups is 1. The minimum atomic E-state index is -0.413. The second-order valence-electron chi connectivity index (χ2n) is 6.15. The van der Waals surface area contributed by atoms with E-state index in [9.17, 15) is 14.4 Å². The highest BCUT2D eigenvalue weighted by molar-refractivity contribution is 6.35. The Morgan fingerprint density at radius 1 is 0.786 bits per heavy atom. The van der Waals surface area contributed by atoms with Crippen LogP contribution in [0.25, 0.3) is 0 Å². The van der Waals surface area contributed by atoms with Gasteiger partial charge in [0.1, 0.15) is 0 Å². The molecule has 0 unspecified atom stereocenters. The number of carbonyl (C=O) groups is 3. The summed E-state index contributed by atoms with van der Waals surface area (Å²) in [5, 5.41) is 3.41. The van der Waals surface area contributed by atoms with Crippen LogP contribution in [0.5, 0.6) is 0 Å². The minimum Gasteiger partial charge on any atom is -0.322 e. The Balaban J connectivity index is 1.61. The van der Waals surface area contributed by atoms with E-state index in [-0.39, 0.29) is 0 Å². The molecular weight excluding hydrogens is 399 g/mol. The average Bonchev–Trinajstić information content (AvgIpc) is 2.92. The number of amides is 3.